The second-order valence-corrected chi connectivity index (χ2v) is 6.53. The highest BCUT2D eigenvalue weighted by Gasteiger charge is 2.29. The molecule has 0 heterocycles. The van der Waals surface area contributed by atoms with E-state index in [0.29, 0.717) is 5.92 Å². The third kappa shape index (κ3) is 3.24. The Bertz CT molecular complexity index is 627. The van der Waals surface area contributed by atoms with E-state index in [1.54, 1.807) is 0 Å². The Hall–Kier alpha value is -1.71. The van der Waals surface area contributed by atoms with E-state index in [2.05, 4.69) is 4.72 Å². The van der Waals surface area contributed by atoms with Crippen molar-refractivity contribution >= 4 is 15.7 Å². The molecule has 0 radical (unpaired) electrons. The van der Waals surface area contributed by atoms with Crippen molar-refractivity contribution in [1.29, 1.82) is 0 Å². The minimum atomic E-state index is -3.88. The van der Waals surface area contributed by atoms with E-state index in [9.17, 15) is 23.6 Å². The van der Waals surface area contributed by atoms with Crippen molar-refractivity contribution in [3.05, 3.63) is 28.3 Å². The fourth-order valence-electron chi connectivity index (χ4n) is 1.80. The van der Waals surface area contributed by atoms with Gasteiger partial charge in [0.1, 0.15) is 0 Å². The van der Waals surface area contributed by atoms with Crippen LogP contribution in [0.15, 0.2) is 23.1 Å². The fraction of sp³-hybridized carbons (Fsp3) is 0.455. The first-order valence-electron chi connectivity index (χ1n) is 6.04. The number of benzene rings is 1. The average Bonchev–Trinajstić information content (AvgIpc) is 3.20. The number of nitrogens with two attached hydrogens (primary N) is 1. The summed E-state index contributed by atoms with van der Waals surface area (Å²) in [4.78, 5) is 9.56. The summed E-state index contributed by atoms with van der Waals surface area (Å²) in [6, 6.07) is 2.65. The number of nitro groups is 1. The highest BCUT2D eigenvalue weighted by molar-refractivity contribution is 7.89. The zero-order valence-electron chi connectivity index (χ0n) is 10.5. The molecule has 4 N–H and O–H groups in total. The van der Waals surface area contributed by atoms with Gasteiger partial charge in [-0.3, -0.25) is 10.1 Å². The van der Waals surface area contributed by atoms with Gasteiger partial charge < -0.3 is 10.8 Å². The van der Waals surface area contributed by atoms with Crippen molar-refractivity contribution in [2.24, 2.45) is 11.7 Å². The molecule has 110 valence electrons. The quantitative estimate of drug-likeness (QED) is 0.511. The van der Waals surface area contributed by atoms with Gasteiger partial charge >= 0.3 is 5.69 Å². The standard InChI is InChI=1S/C11H15N3O5S/c12-9(7-1-2-7)6-13-20(18,19)8-3-4-11(15)10(5-8)14(16)17/h3-5,7,9,13,15H,1-2,6,12H2. The molecule has 1 aliphatic rings. The second-order valence-electron chi connectivity index (χ2n) is 4.76. The number of phenols is 1. The minimum Gasteiger partial charge on any atom is -0.502 e. The maximum Gasteiger partial charge on any atom is 0.312 e. The Morgan fingerprint density at radius 2 is 2.15 bits per heavy atom. The summed E-state index contributed by atoms with van der Waals surface area (Å²) >= 11 is 0. The van der Waals surface area contributed by atoms with Gasteiger partial charge in [-0.25, -0.2) is 13.1 Å². The number of hydrogen-bond acceptors (Lipinski definition) is 6. The summed E-state index contributed by atoms with van der Waals surface area (Å²) in [6.45, 7) is 0.0850. The molecule has 20 heavy (non-hydrogen) atoms. The molecule has 0 aliphatic heterocycles. The Balaban J connectivity index is 2.16. The lowest BCUT2D eigenvalue weighted by molar-refractivity contribution is -0.386. The molecule has 1 atom stereocenters. The average molecular weight is 301 g/mol. The monoisotopic (exact) mass is 301 g/mol. The fourth-order valence-corrected chi connectivity index (χ4v) is 2.89. The van der Waals surface area contributed by atoms with Gasteiger partial charge in [-0.1, -0.05) is 0 Å². The molecule has 1 aliphatic carbocycles. The first-order valence-corrected chi connectivity index (χ1v) is 7.52. The lowest BCUT2D eigenvalue weighted by Gasteiger charge is -2.12. The van der Waals surface area contributed by atoms with Crippen LogP contribution in [-0.2, 0) is 10.0 Å². The van der Waals surface area contributed by atoms with Crippen molar-refractivity contribution < 1.29 is 18.4 Å². The molecule has 1 aromatic rings. The van der Waals surface area contributed by atoms with E-state index in [4.69, 9.17) is 5.73 Å². The number of nitro benzene ring substituents is 1. The largest absolute Gasteiger partial charge is 0.502 e. The van der Waals surface area contributed by atoms with Gasteiger partial charge in [-0.05, 0) is 30.9 Å². The Morgan fingerprint density at radius 1 is 1.50 bits per heavy atom. The first-order chi connectivity index (χ1) is 9.31. The van der Waals surface area contributed by atoms with E-state index in [0.717, 1.165) is 31.0 Å². The van der Waals surface area contributed by atoms with Crippen molar-refractivity contribution in [1.82, 2.24) is 4.72 Å². The molecule has 1 aromatic carbocycles. The highest BCUT2D eigenvalue weighted by Crippen LogP contribution is 2.31. The third-order valence-electron chi connectivity index (χ3n) is 3.19. The first kappa shape index (κ1) is 14.7. The van der Waals surface area contributed by atoms with Crippen LogP contribution in [0.4, 0.5) is 5.69 Å². The minimum absolute atomic E-state index is 0.0850. The van der Waals surface area contributed by atoms with Gasteiger partial charge in [-0.2, -0.15) is 0 Å². The summed E-state index contributed by atoms with van der Waals surface area (Å²) in [6.07, 6.45) is 1.99. The molecule has 1 fully saturated rings. The van der Waals surface area contributed by atoms with Crippen LogP contribution in [0.2, 0.25) is 0 Å². The van der Waals surface area contributed by atoms with E-state index < -0.39 is 26.4 Å². The van der Waals surface area contributed by atoms with Crippen LogP contribution in [-0.4, -0.2) is 31.0 Å². The number of phenolic OH excluding ortho intramolecular Hbond substituents is 1. The predicted molar refractivity (Wildman–Crippen MR) is 70.6 cm³/mol. The molecule has 0 amide bonds. The smallest absolute Gasteiger partial charge is 0.312 e. The topological polar surface area (TPSA) is 136 Å². The van der Waals surface area contributed by atoms with E-state index in [-0.39, 0.29) is 17.5 Å². The van der Waals surface area contributed by atoms with Crippen LogP contribution in [0.5, 0.6) is 5.75 Å². The molecule has 2 rings (SSSR count). The normalized spacial score (nSPS) is 16.9. The van der Waals surface area contributed by atoms with Gasteiger partial charge in [-0.15, -0.1) is 0 Å². The van der Waals surface area contributed by atoms with Gasteiger partial charge in [0.25, 0.3) is 0 Å². The van der Waals surface area contributed by atoms with Crippen LogP contribution in [0, 0.1) is 16.0 Å². The molecule has 1 unspecified atom stereocenters. The van der Waals surface area contributed by atoms with Crippen molar-refractivity contribution in [2.75, 3.05) is 6.54 Å². The summed E-state index contributed by atoms with van der Waals surface area (Å²) in [5.41, 5.74) is 5.14. The van der Waals surface area contributed by atoms with Crippen molar-refractivity contribution in [2.45, 2.75) is 23.8 Å². The number of rotatable bonds is 6. The molecule has 0 spiro atoms. The van der Waals surface area contributed by atoms with Gasteiger partial charge in [0.05, 0.1) is 9.82 Å². The number of nitrogens with one attached hydrogen (secondary N) is 1. The molecule has 0 saturated heterocycles. The Kier molecular flexibility index (Phi) is 3.93. The van der Waals surface area contributed by atoms with Crippen molar-refractivity contribution in [3.63, 3.8) is 0 Å². The number of hydrogen-bond donors (Lipinski definition) is 3. The highest BCUT2D eigenvalue weighted by atomic mass is 32.2. The number of nitrogens with zero attached hydrogens (tertiary/aromatic N) is 1. The van der Waals surface area contributed by atoms with Gasteiger partial charge in [0.2, 0.25) is 10.0 Å². The van der Waals surface area contributed by atoms with Crippen LogP contribution < -0.4 is 10.5 Å². The summed E-state index contributed by atoms with van der Waals surface area (Å²) in [5.74, 6) is -0.240. The molecule has 1 saturated carbocycles. The lowest BCUT2D eigenvalue weighted by atomic mass is 10.2. The van der Waals surface area contributed by atoms with Gasteiger partial charge in [0, 0.05) is 18.7 Å². The molecule has 8 nitrogen and oxygen atoms in total. The maximum absolute atomic E-state index is 12.0. The Labute approximate surface area is 115 Å². The summed E-state index contributed by atoms with van der Waals surface area (Å²) < 4.78 is 26.3. The summed E-state index contributed by atoms with van der Waals surface area (Å²) in [5, 5.41) is 20.0. The molecule has 0 aromatic heterocycles. The Morgan fingerprint density at radius 3 is 2.70 bits per heavy atom. The molecule has 9 heteroatoms. The van der Waals surface area contributed by atoms with Crippen LogP contribution >= 0.6 is 0 Å². The molecular formula is C11H15N3O5S. The molecular weight excluding hydrogens is 286 g/mol. The maximum atomic E-state index is 12.0. The summed E-state index contributed by atoms with van der Waals surface area (Å²) in [7, 11) is -3.88. The van der Waals surface area contributed by atoms with Crippen LogP contribution in [0.3, 0.4) is 0 Å². The zero-order valence-corrected chi connectivity index (χ0v) is 11.3. The number of aromatic hydroxyl groups is 1. The number of sulfonamides is 1. The lowest BCUT2D eigenvalue weighted by Crippen LogP contribution is -2.38. The third-order valence-corrected chi connectivity index (χ3v) is 4.61. The SMILES string of the molecule is NC(CNS(=O)(=O)c1ccc(O)c([N+](=O)[O-])c1)C1CC1. The molecule has 0 bridgehead atoms. The van der Waals surface area contributed by atoms with Crippen molar-refractivity contribution in [3.8, 4) is 5.75 Å². The van der Waals surface area contributed by atoms with E-state index in [1.807, 2.05) is 0 Å². The van der Waals surface area contributed by atoms with Crippen LogP contribution in [0.25, 0.3) is 0 Å². The zero-order chi connectivity index (χ0) is 14.9. The second kappa shape index (κ2) is 5.35. The predicted octanol–water partition coefficient (Wildman–Crippen LogP) is 0.316. The van der Waals surface area contributed by atoms with Gasteiger partial charge in [0.15, 0.2) is 5.75 Å². The van der Waals surface area contributed by atoms with Crippen LogP contribution in [0.1, 0.15) is 12.8 Å². The van der Waals surface area contributed by atoms with E-state index in [1.165, 1.54) is 0 Å². The van der Waals surface area contributed by atoms with E-state index >= 15 is 0 Å².